The van der Waals surface area contributed by atoms with E-state index in [0.29, 0.717) is 17.9 Å². The van der Waals surface area contributed by atoms with Crippen LogP contribution in [0.3, 0.4) is 0 Å². The molecular formula is C23H33F2N5O4S. The third kappa shape index (κ3) is 6.81. The molecule has 12 heteroatoms. The second-order valence-electron chi connectivity index (χ2n) is 10.5. The molecule has 194 valence electrons. The number of carboxylic acid groups (broad SMARTS) is 1. The zero-order valence-electron chi connectivity index (χ0n) is 20.2. The number of amides is 1. The summed E-state index contributed by atoms with van der Waals surface area (Å²) in [5.74, 6) is -3.00. The van der Waals surface area contributed by atoms with Crippen molar-refractivity contribution in [2.45, 2.75) is 88.2 Å². The van der Waals surface area contributed by atoms with Gasteiger partial charge in [-0.05, 0) is 64.0 Å². The molecule has 2 aromatic heterocycles. The lowest BCUT2D eigenvalue weighted by molar-refractivity contribution is -0.0495. The number of hydrogen-bond donors (Lipinski definition) is 3. The Morgan fingerprint density at radius 1 is 1.34 bits per heavy atom. The third-order valence-electron chi connectivity index (χ3n) is 6.42. The number of alkyl halides is 2. The van der Waals surface area contributed by atoms with Crippen LogP contribution in [-0.4, -0.2) is 53.7 Å². The van der Waals surface area contributed by atoms with Crippen LogP contribution < -0.4 is 10.0 Å². The fourth-order valence-electron chi connectivity index (χ4n) is 4.18. The van der Waals surface area contributed by atoms with Crippen LogP contribution in [0.2, 0.25) is 0 Å². The summed E-state index contributed by atoms with van der Waals surface area (Å²) in [6, 6.07) is 0.716. The van der Waals surface area contributed by atoms with Gasteiger partial charge < -0.3 is 19.7 Å². The Bertz CT molecular complexity index is 1030. The second kappa shape index (κ2) is 10.2. The maximum absolute atomic E-state index is 13.7. The fourth-order valence-corrected chi connectivity index (χ4v) is 5.00. The van der Waals surface area contributed by atoms with Gasteiger partial charge in [-0.25, -0.2) is 23.1 Å². The summed E-state index contributed by atoms with van der Waals surface area (Å²) in [7, 11) is 0. The van der Waals surface area contributed by atoms with Gasteiger partial charge in [0.05, 0.1) is 36.8 Å². The summed E-state index contributed by atoms with van der Waals surface area (Å²) < 4.78 is 50.2. The van der Waals surface area contributed by atoms with Crippen molar-refractivity contribution in [3.8, 4) is 0 Å². The molecule has 0 aromatic carbocycles. The fraction of sp³-hybridized carbons (Fsp3) is 0.696. The number of ether oxygens (including phenoxy) is 1. The predicted octanol–water partition coefficient (Wildman–Crippen LogP) is 4.14. The van der Waals surface area contributed by atoms with Crippen LogP contribution in [0.5, 0.6) is 0 Å². The van der Waals surface area contributed by atoms with Crippen LogP contribution in [0.15, 0.2) is 18.5 Å². The minimum absolute atomic E-state index is 0.202. The Labute approximate surface area is 206 Å². The van der Waals surface area contributed by atoms with Gasteiger partial charge >= 0.3 is 6.09 Å². The number of nitrogens with zero attached hydrogens (tertiary/aromatic N) is 3. The largest absolute Gasteiger partial charge is 0.598 e. The van der Waals surface area contributed by atoms with E-state index in [9.17, 15) is 23.2 Å². The molecule has 0 aliphatic heterocycles. The number of carbonyl (C=O) groups is 1. The molecule has 2 aliphatic carbocycles. The number of imidazole rings is 1. The molecule has 3 unspecified atom stereocenters. The van der Waals surface area contributed by atoms with E-state index in [1.165, 1.54) is 4.52 Å². The lowest BCUT2D eigenvalue weighted by Gasteiger charge is -2.32. The average molecular weight is 514 g/mol. The second-order valence-corrected chi connectivity index (χ2v) is 12.5. The van der Waals surface area contributed by atoms with Crippen molar-refractivity contribution in [3.05, 3.63) is 29.7 Å². The molecule has 3 atom stereocenters. The molecule has 9 nitrogen and oxygen atoms in total. The minimum Gasteiger partial charge on any atom is -0.598 e. The van der Waals surface area contributed by atoms with Crippen LogP contribution in [0.4, 0.5) is 13.6 Å². The SMILES string of the molecule is CC(C)(C)[S+]([O-])NC(COC1CC1)c1cnn2cc(C(NC(=O)O)C3CCC(F)(F)CC3)nc2c1. The van der Waals surface area contributed by atoms with E-state index < -0.39 is 34.2 Å². The summed E-state index contributed by atoms with van der Waals surface area (Å²) in [6.07, 6.45) is 4.15. The van der Waals surface area contributed by atoms with E-state index in [-0.39, 0.29) is 43.7 Å². The van der Waals surface area contributed by atoms with E-state index in [1.807, 2.05) is 20.8 Å². The van der Waals surface area contributed by atoms with Crippen molar-refractivity contribution in [1.29, 1.82) is 0 Å². The summed E-state index contributed by atoms with van der Waals surface area (Å²) >= 11 is -1.34. The number of aromatic nitrogens is 3. The van der Waals surface area contributed by atoms with Crippen LogP contribution in [-0.2, 0) is 16.1 Å². The molecule has 2 aliphatic rings. The Morgan fingerprint density at radius 2 is 2.03 bits per heavy atom. The van der Waals surface area contributed by atoms with Gasteiger partial charge in [-0.2, -0.15) is 5.10 Å². The van der Waals surface area contributed by atoms with Gasteiger partial charge in [0.2, 0.25) is 5.92 Å². The molecule has 35 heavy (non-hydrogen) atoms. The number of hydrogen-bond acceptors (Lipinski definition) is 6. The highest BCUT2D eigenvalue weighted by Gasteiger charge is 2.39. The molecule has 2 fully saturated rings. The topological polar surface area (TPSA) is 124 Å². The van der Waals surface area contributed by atoms with E-state index in [2.05, 4.69) is 20.1 Å². The Balaban J connectivity index is 1.58. The monoisotopic (exact) mass is 513 g/mol. The highest BCUT2D eigenvalue weighted by molar-refractivity contribution is 7.90. The van der Waals surface area contributed by atoms with Crippen LogP contribution >= 0.6 is 0 Å². The van der Waals surface area contributed by atoms with Gasteiger partial charge in [0.25, 0.3) is 0 Å². The Morgan fingerprint density at radius 3 is 2.63 bits per heavy atom. The van der Waals surface area contributed by atoms with Crippen LogP contribution in [0.25, 0.3) is 5.65 Å². The number of halogens is 2. The van der Waals surface area contributed by atoms with Gasteiger partial charge in [-0.1, -0.05) is 0 Å². The maximum atomic E-state index is 13.7. The molecule has 0 saturated heterocycles. The predicted molar refractivity (Wildman–Crippen MR) is 127 cm³/mol. The van der Waals surface area contributed by atoms with Crippen LogP contribution in [0, 0.1) is 5.92 Å². The number of rotatable bonds is 9. The quantitative estimate of drug-likeness (QED) is 0.431. The van der Waals surface area contributed by atoms with Crippen molar-refractivity contribution in [2.75, 3.05) is 6.61 Å². The molecule has 2 aromatic rings. The zero-order valence-corrected chi connectivity index (χ0v) is 21.0. The van der Waals surface area contributed by atoms with Gasteiger partial charge in [0, 0.05) is 24.2 Å². The first kappa shape index (κ1) is 26.1. The summed E-state index contributed by atoms with van der Waals surface area (Å²) in [6.45, 7) is 5.98. The molecule has 2 saturated carbocycles. The first-order valence-electron chi connectivity index (χ1n) is 11.9. The summed E-state index contributed by atoms with van der Waals surface area (Å²) in [4.78, 5) is 16.1. The van der Waals surface area contributed by atoms with Gasteiger partial charge in [0.15, 0.2) is 5.65 Å². The molecule has 0 spiro atoms. The highest BCUT2D eigenvalue weighted by atomic mass is 32.2. The van der Waals surface area contributed by atoms with Crippen molar-refractivity contribution < 1.29 is 28.0 Å². The van der Waals surface area contributed by atoms with Crippen molar-refractivity contribution in [2.24, 2.45) is 5.92 Å². The number of fused-ring (bicyclic) bond motifs is 1. The smallest absolute Gasteiger partial charge is 0.405 e. The number of nitrogens with one attached hydrogen (secondary N) is 2. The van der Waals surface area contributed by atoms with E-state index in [1.54, 1.807) is 18.5 Å². The minimum atomic E-state index is -2.71. The maximum Gasteiger partial charge on any atom is 0.405 e. The van der Waals surface area contributed by atoms with Gasteiger partial charge in [-0.3, -0.25) is 0 Å². The van der Waals surface area contributed by atoms with Crippen molar-refractivity contribution >= 4 is 23.1 Å². The van der Waals surface area contributed by atoms with E-state index in [0.717, 1.165) is 18.4 Å². The first-order valence-corrected chi connectivity index (χ1v) is 13.1. The normalized spacial score (nSPS) is 21.5. The summed E-state index contributed by atoms with van der Waals surface area (Å²) in [5, 5.41) is 16.3. The highest BCUT2D eigenvalue weighted by Crippen LogP contribution is 2.41. The summed E-state index contributed by atoms with van der Waals surface area (Å²) in [5.41, 5.74) is 1.66. The lowest BCUT2D eigenvalue weighted by atomic mass is 9.81. The van der Waals surface area contributed by atoms with Gasteiger partial charge in [-0.15, -0.1) is 4.72 Å². The first-order chi connectivity index (χ1) is 16.4. The van der Waals surface area contributed by atoms with Crippen molar-refractivity contribution in [1.82, 2.24) is 24.6 Å². The van der Waals surface area contributed by atoms with Crippen LogP contribution in [0.1, 0.15) is 82.6 Å². The van der Waals surface area contributed by atoms with Crippen molar-refractivity contribution in [3.63, 3.8) is 0 Å². The Hall–Kier alpha value is -2.02. The van der Waals surface area contributed by atoms with E-state index >= 15 is 0 Å². The van der Waals surface area contributed by atoms with E-state index in [4.69, 9.17) is 4.74 Å². The van der Waals surface area contributed by atoms with Gasteiger partial charge in [0.1, 0.15) is 10.8 Å². The molecule has 0 radical (unpaired) electrons. The molecular weight excluding hydrogens is 480 g/mol. The standard InChI is InChI=1S/C23H33F2N5O4S/c1-22(2,3)35(33)29-18(13-34-16-4-5-16)15-10-19-27-17(12-30(19)26-11-15)20(28-21(31)32)14-6-8-23(24,25)9-7-14/h10-12,14,16,18,20,28-29H,4-9,13H2,1-3H3,(H,31,32). The molecule has 2 heterocycles. The molecule has 3 N–H and O–H groups in total. The molecule has 1 amide bonds. The Kier molecular flexibility index (Phi) is 7.56. The molecule has 0 bridgehead atoms. The molecule has 4 rings (SSSR count). The lowest BCUT2D eigenvalue weighted by Crippen LogP contribution is -2.42. The zero-order chi connectivity index (χ0) is 25.4. The average Bonchev–Trinajstić information content (AvgIpc) is 3.50. The third-order valence-corrected chi connectivity index (χ3v) is 8.03.